The molecule has 31 heavy (non-hydrogen) atoms. The first-order valence-corrected chi connectivity index (χ1v) is 10.9. The number of rotatable bonds is 5. The summed E-state index contributed by atoms with van der Waals surface area (Å²) in [4.78, 5) is 38.4. The van der Waals surface area contributed by atoms with Crippen LogP contribution in [0.3, 0.4) is 0 Å². The number of aryl methyl sites for hydroxylation is 1. The predicted molar refractivity (Wildman–Crippen MR) is 109 cm³/mol. The molecule has 2 amide bonds. The fourth-order valence-corrected chi connectivity index (χ4v) is 4.98. The maximum absolute atomic E-state index is 13.0. The largest absolute Gasteiger partial charge is 0.273 e. The summed E-state index contributed by atoms with van der Waals surface area (Å²) < 4.78 is 27.2. The Morgan fingerprint density at radius 2 is 1.90 bits per heavy atom. The molecule has 2 aromatic rings. The van der Waals surface area contributed by atoms with E-state index in [1.807, 2.05) is 0 Å². The first kappa shape index (κ1) is 22.3. The van der Waals surface area contributed by atoms with E-state index in [2.05, 4.69) is 15.8 Å². The number of carbonyl (C=O) groups excluding carboxylic acids is 2. The minimum atomic E-state index is -3.94. The molecule has 0 radical (unpaired) electrons. The molecular weight excluding hydrogens is 426 g/mol. The predicted octanol–water partition coefficient (Wildman–Crippen LogP) is 1.16. The number of hydrazine groups is 1. The average molecular weight is 447 g/mol. The highest BCUT2D eigenvalue weighted by atomic mass is 32.2. The second-order valence-electron chi connectivity index (χ2n) is 7.07. The summed E-state index contributed by atoms with van der Waals surface area (Å²) in [5.41, 5.74) is 5.06. The number of hydrogen-bond acceptors (Lipinski definition) is 7. The van der Waals surface area contributed by atoms with E-state index in [0.29, 0.717) is 5.56 Å². The molecule has 2 heterocycles. The molecule has 2 N–H and O–H groups in total. The molecule has 1 aromatic heterocycles. The van der Waals surface area contributed by atoms with Gasteiger partial charge in [0.15, 0.2) is 0 Å². The second-order valence-corrected chi connectivity index (χ2v) is 8.98. The lowest BCUT2D eigenvalue weighted by atomic mass is 9.98. The first-order valence-electron chi connectivity index (χ1n) is 9.45. The fourth-order valence-electron chi connectivity index (χ4n) is 3.27. The minimum Gasteiger partial charge on any atom is -0.273 e. The molecule has 0 spiro atoms. The van der Waals surface area contributed by atoms with Gasteiger partial charge in [-0.2, -0.15) is 4.31 Å². The zero-order valence-corrected chi connectivity index (χ0v) is 17.5. The van der Waals surface area contributed by atoms with Crippen LogP contribution in [0.2, 0.25) is 0 Å². The average Bonchev–Trinajstić information content (AvgIpc) is 2.77. The van der Waals surface area contributed by atoms with Crippen molar-refractivity contribution in [2.75, 3.05) is 13.1 Å². The quantitative estimate of drug-likeness (QED) is 0.515. The lowest BCUT2D eigenvalue weighted by molar-refractivity contribution is -0.385. The van der Waals surface area contributed by atoms with Crippen LogP contribution in [0.25, 0.3) is 0 Å². The highest BCUT2D eigenvalue weighted by molar-refractivity contribution is 7.89. The molecule has 12 heteroatoms. The van der Waals surface area contributed by atoms with Crippen molar-refractivity contribution in [3.63, 3.8) is 0 Å². The van der Waals surface area contributed by atoms with Gasteiger partial charge in [-0.05, 0) is 37.5 Å². The summed E-state index contributed by atoms with van der Waals surface area (Å²) in [5.74, 6) is -1.41. The number of aromatic nitrogens is 1. The Morgan fingerprint density at radius 3 is 2.52 bits per heavy atom. The van der Waals surface area contributed by atoms with Gasteiger partial charge in [-0.15, -0.1) is 0 Å². The van der Waals surface area contributed by atoms with Crippen LogP contribution < -0.4 is 10.9 Å². The van der Waals surface area contributed by atoms with Crippen LogP contribution in [0.15, 0.2) is 47.6 Å². The number of benzene rings is 1. The van der Waals surface area contributed by atoms with E-state index in [4.69, 9.17) is 0 Å². The molecule has 11 nitrogen and oxygen atoms in total. The number of nitrogens with zero attached hydrogens (tertiary/aromatic N) is 3. The van der Waals surface area contributed by atoms with Crippen molar-refractivity contribution in [1.29, 1.82) is 0 Å². The number of nitrogens with one attached hydrogen (secondary N) is 2. The molecule has 1 saturated heterocycles. The van der Waals surface area contributed by atoms with Gasteiger partial charge >= 0.3 is 0 Å². The van der Waals surface area contributed by atoms with Gasteiger partial charge < -0.3 is 0 Å². The molecule has 1 aromatic carbocycles. The summed E-state index contributed by atoms with van der Waals surface area (Å²) in [5, 5.41) is 11.0. The van der Waals surface area contributed by atoms with Crippen LogP contribution >= 0.6 is 0 Å². The SMILES string of the molecule is Cc1ccc([N+](=O)[O-])cc1S(=O)(=O)N1CCC(C(=O)NNC(=O)c2cccnc2)CC1. The third-order valence-electron chi connectivity index (χ3n) is 5.05. The zero-order valence-electron chi connectivity index (χ0n) is 16.6. The summed E-state index contributed by atoms with van der Waals surface area (Å²) >= 11 is 0. The summed E-state index contributed by atoms with van der Waals surface area (Å²) in [6.07, 6.45) is 3.39. The molecule has 0 unspecified atom stereocenters. The molecule has 0 aliphatic carbocycles. The molecule has 164 valence electrons. The first-order chi connectivity index (χ1) is 14.7. The van der Waals surface area contributed by atoms with Gasteiger partial charge in [-0.25, -0.2) is 8.42 Å². The zero-order chi connectivity index (χ0) is 22.6. The van der Waals surface area contributed by atoms with Crippen molar-refractivity contribution >= 4 is 27.5 Å². The van der Waals surface area contributed by atoms with E-state index < -0.39 is 32.7 Å². The molecule has 1 fully saturated rings. The van der Waals surface area contributed by atoms with Crippen molar-refractivity contribution in [1.82, 2.24) is 20.1 Å². The number of piperidine rings is 1. The topological polar surface area (TPSA) is 152 Å². The Bertz CT molecular complexity index is 1100. The second kappa shape index (κ2) is 9.18. The van der Waals surface area contributed by atoms with Crippen molar-refractivity contribution in [3.05, 3.63) is 64.0 Å². The van der Waals surface area contributed by atoms with Crippen molar-refractivity contribution in [3.8, 4) is 0 Å². The normalized spacial score (nSPS) is 15.3. The summed E-state index contributed by atoms with van der Waals surface area (Å²) in [6.45, 7) is 1.74. The van der Waals surface area contributed by atoms with Crippen LogP contribution in [-0.4, -0.2) is 47.5 Å². The van der Waals surface area contributed by atoms with E-state index in [-0.39, 0.29) is 42.1 Å². The summed E-state index contributed by atoms with van der Waals surface area (Å²) in [7, 11) is -3.94. The smallest absolute Gasteiger partial charge is 0.271 e. The number of pyridine rings is 1. The van der Waals surface area contributed by atoms with Crippen molar-refractivity contribution in [2.45, 2.75) is 24.7 Å². The summed E-state index contributed by atoms with van der Waals surface area (Å²) in [6, 6.07) is 6.85. The third-order valence-corrected chi connectivity index (χ3v) is 7.09. The highest BCUT2D eigenvalue weighted by Crippen LogP contribution is 2.28. The van der Waals surface area contributed by atoms with Gasteiger partial charge in [-0.3, -0.25) is 35.5 Å². The molecule has 0 bridgehead atoms. The Morgan fingerprint density at radius 1 is 1.19 bits per heavy atom. The van der Waals surface area contributed by atoms with Crippen LogP contribution in [0.5, 0.6) is 0 Å². The van der Waals surface area contributed by atoms with Gasteiger partial charge in [0.1, 0.15) is 0 Å². The molecule has 1 aliphatic heterocycles. The monoisotopic (exact) mass is 447 g/mol. The lowest BCUT2D eigenvalue weighted by Crippen LogP contribution is -2.48. The Balaban J connectivity index is 1.60. The van der Waals surface area contributed by atoms with E-state index in [9.17, 15) is 28.1 Å². The lowest BCUT2D eigenvalue weighted by Gasteiger charge is -2.30. The third kappa shape index (κ3) is 5.03. The standard InChI is InChI=1S/C19H21N5O6S/c1-13-4-5-16(24(27)28)11-17(13)31(29,30)23-9-6-14(7-10-23)18(25)21-22-19(26)15-3-2-8-20-12-15/h2-5,8,11-12,14H,6-7,9-10H2,1H3,(H,21,25)(H,22,26). The number of nitro benzene ring substituents is 1. The number of carbonyl (C=O) groups is 2. The van der Waals surface area contributed by atoms with Crippen molar-refractivity contribution in [2.24, 2.45) is 5.92 Å². The number of non-ortho nitro benzene ring substituents is 1. The van der Waals surface area contributed by atoms with Crippen molar-refractivity contribution < 1.29 is 22.9 Å². The maximum atomic E-state index is 13.0. The van der Waals surface area contributed by atoms with Crippen LogP contribution in [-0.2, 0) is 14.8 Å². The van der Waals surface area contributed by atoms with E-state index in [1.165, 1.54) is 28.8 Å². The number of nitro groups is 1. The van der Waals surface area contributed by atoms with Gasteiger partial charge in [0.25, 0.3) is 11.6 Å². The molecular formula is C19H21N5O6S. The van der Waals surface area contributed by atoms with Crippen LogP contribution in [0, 0.1) is 23.0 Å². The van der Waals surface area contributed by atoms with E-state index in [1.54, 1.807) is 19.1 Å². The Kier molecular flexibility index (Phi) is 6.61. The number of sulfonamides is 1. The van der Waals surface area contributed by atoms with Crippen LogP contribution in [0.4, 0.5) is 5.69 Å². The van der Waals surface area contributed by atoms with Gasteiger partial charge in [0, 0.05) is 43.5 Å². The van der Waals surface area contributed by atoms with Crippen LogP contribution in [0.1, 0.15) is 28.8 Å². The van der Waals surface area contributed by atoms with Gasteiger partial charge in [-0.1, -0.05) is 6.07 Å². The molecule has 1 aliphatic rings. The number of amides is 2. The highest BCUT2D eigenvalue weighted by Gasteiger charge is 2.33. The number of hydrogen-bond donors (Lipinski definition) is 2. The molecule has 0 saturated carbocycles. The molecule has 0 atom stereocenters. The van der Waals surface area contributed by atoms with Gasteiger partial charge in [0.05, 0.1) is 15.4 Å². The minimum absolute atomic E-state index is 0.0824. The Hall–Kier alpha value is -3.38. The maximum Gasteiger partial charge on any atom is 0.271 e. The Labute approximate surface area is 178 Å². The van der Waals surface area contributed by atoms with E-state index >= 15 is 0 Å². The molecule has 3 rings (SSSR count). The van der Waals surface area contributed by atoms with E-state index in [0.717, 1.165) is 6.07 Å². The van der Waals surface area contributed by atoms with Gasteiger partial charge in [0.2, 0.25) is 15.9 Å². The fraction of sp³-hybridized carbons (Fsp3) is 0.316.